The number of ether oxygens (including phenoxy) is 1. The number of aryl methyl sites for hydroxylation is 1. The lowest BCUT2D eigenvalue weighted by atomic mass is 10.1. The Hall–Kier alpha value is -3.77. The Labute approximate surface area is 197 Å². The fraction of sp³-hybridized carbons (Fsp3) is 0.148. The molecule has 2 heterocycles. The van der Waals surface area contributed by atoms with Crippen LogP contribution in [-0.2, 0) is 6.61 Å². The van der Waals surface area contributed by atoms with E-state index in [1.807, 2.05) is 54.9 Å². The number of benzene rings is 3. The Morgan fingerprint density at radius 2 is 1.82 bits per heavy atom. The van der Waals surface area contributed by atoms with Gasteiger partial charge < -0.3 is 10.1 Å². The zero-order valence-corrected chi connectivity index (χ0v) is 19.3. The molecule has 2 aromatic heterocycles. The van der Waals surface area contributed by atoms with E-state index in [0.717, 1.165) is 50.0 Å². The summed E-state index contributed by atoms with van der Waals surface area (Å²) >= 11 is 1.63. The first-order chi connectivity index (χ1) is 16.1. The molecule has 1 unspecified atom stereocenters. The lowest BCUT2D eigenvalue weighted by Crippen LogP contribution is -2.09. The number of hydrogen-bond acceptors (Lipinski definition) is 6. The summed E-state index contributed by atoms with van der Waals surface area (Å²) in [6.07, 6.45) is 0. The molecule has 6 heteroatoms. The molecule has 0 radical (unpaired) electrons. The molecule has 0 fully saturated rings. The van der Waals surface area contributed by atoms with Gasteiger partial charge in [0, 0.05) is 11.6 Å². The molecule has 33 heavy (non-hydrogen) atoms. The van der Waals surface area contributed by atoms with Gasteiger partial charge in [-0.05, 0) is 49.2 Å². The summed E-state index contributed by atoms with van der Waals surface area (Å²) in [5.41, 5.74) is 7.11. The number of nitrogens with zero attached hydrogens (tertiary/aromatic N) is 3. The van der Waals surface area contributed by atoms with Crippen LogP contribution in [0.15, 0.2) is 84.4 Å². The van der Waals surface area contributed by atoms with Gasteiger partial charge in [0.1, 0.15) is 24.0 Å². The highest BCUT2D eigenvalue weighted by atomic mass is 32.1. The number of nitrogens with one attached hydrogen (secondary N) is 1. The monoisotopic (exact) mass is 452 g/mol. The Morgan fingerprint density at radius 1 is 0.939 bits per heavy atom. The predicted molar refractivity (Wildman–Crippen MR) is 135 cm³/mol. The molecule has 0 aliphatic rings. The number of fused-ring (bicyclic) bond motifs is 1. The van der Waals surface area contributed by atoms with E-state index in [-0.39, 0.29) is 6.04 Å². The molecular weight excluding hydrogens is 428 g/mol. The van der Waals surface area contributed by atoms with Crippen molar-refractivity contribution in [1.29, 1.82) is 0 Å². The summed E-state index contributed by atoms with van der Waals surface area (Å²) in [6.45, 7) is 4.59. The van der Waals surface area contributed by atoms with E-state index < -0.39 is 0 Å². The minimum atomic E-state index is 0.0522. The zero-order valence-electron chi connectivity index (χ0n) is 18.5. The molecule has 164 valence electrons. The highest BCUT2D eigenvalue weighted by Crippen LogP contribution is 2.28. The van der Waals surface area contributed by atoms with Gasteiger partial charge in [0.15, 0.2) is 0 Å². The fourth-order valence-electron chi connectivity index (χ4n) is 3.72. The number of anilines is 1. The number of thiazole rings is 1. The summed E-state index contributed by atoms with van der Waals surface area (Å²) in [7, 11) is 0. The molecule has 0 saturated heterocycles. The Kier molecular flexibility index (Phi) is 6.00. The van der Waals surface area contributed by atoms with Gasteiger partial charge >= 0.3 is 0 Å². The van der Waals surface area contributed by atoms with Crippen molar-refractivity contribution in [2.45, 2.75) is 26.5 Å². The zero-order chi connectivity index (χ0) is 22.6. The summed E-state index contributed by atoms with van der Waals surface area (Å²) in [4.78, 5) is 13.6. The maximum atomic E-state index is 6.00. The van der Waals surface area contributed by atoms with Crippen LogP contribution >= 0.6 is 11.3 Å². The highest BCUT2D eigenvalue weighted by molar-refractivity contribution is 7.16. The molecule has 5 rings (SSSR count). The van der Waals surface area contributed by atoms with Gasteiger partial charge in [0.2, 0.25) is 0 Å². The topological polar surface area (TPSA) is 59.9 Å². The summed E-state index contributed by atoms with van der Waals surface area (Å²) in [5.74, 6) is 2.37. The first-order valence-electron chi connectivity index (χ1n) is 10.9. The molecule has 5 nitrogen and oxygen atoms in total. The fourth-order valence-corrected chi connectivity index (χ4v) is 4.44. The lowest BCUT2D eigenvalue weighted by Gasteiger charge is -2.17. The van der Waals surface area contributed by atoms with Crippen LogP contribution in [0.2, 0.25) is 0 Å². The van der Waals surface area contributed by atoms with Crippen LogP contribution in [0.4, 0.5) is 5.82 Å². The molecule has 0 aliphatic heterocycles. The maximum absolute atomic E-state index is 6.00. The van der Waals surface area contributed by atoms with E-state index in [1.165, 1.54) is 0 Å². The Balaban J connectivity index is 1.32. The second kappa shape index (κ2) is 9.38. The standard InChI is InChI=1S/C27H24N4OS/c1-18(21-9-6-10-23(13-21)32-16-20-7-4-3-5-8-20)29-27-15-25(30-19(2)31-27)22-11-12-24-26(14-22)33-17-28-24/h3-15,17-18H,16H2,1-2H3,(H,29,30,31). The van der Waals surface area contributed by atoms with Gasteiger partial charge in [-0.15, -0.1) is 11.3 Å². The van der Waals surface area contributed by atoms with Crippen molar-refractivity contribution < 1.29 is 4.74 Å². The molecule has 0 aliphatic carbocycles. The van der Waals surface area contributed by atoms with Gasteiger partial charge in [0.25, 0.3) is 0 Å². The largest absolute Gasteiger partial charge is 0.489 e. The van der Waals surface area contributed by atoms with Crippen molar-refractivity contribution in [1.82, 2.24) is 15.0 Å². The average molecular weight is 453 g/mol. The minimum absolute atomic E-state index is 0.0522. The van der Waals surface area contributed by atoms with E-state index in [9.17, 15) is 0 Å². The number of aromatic nitrogens is 3. The van der Waals surface area contributed by atoms with E-state index in [4.69, 9.17) is 4.74 Å². The molecule has 5 aromatic rings. The quantitative estimate of drug-likeness (QED) is 0.294. The summed E-state index contributed by atoms with van der Waals surface area (Å²) in [6, 6.07) is 26.7. The SMILES string of the molecule is Cc1nc(NC(C)c2cccc(OCc3ccccc3)c2)cc(-c2ccc3ncsc3c2)n1. The van der Waals surface area contributed by atoms with Crippen molar-refractivity contribution in [3.63, 3.8) is 0 Å². The molecule has 0 bridgehead atoms. The van der Waals surface area contributed by atoms with Crippen LogP contribution in [-0.4, -0.2) is 15.0 Å². The van der Waals surface area contributed by atoms with E-state index in [2.05, 4.69) is 63.6 Å². The van der Waals surface area contributed by atoms with Crippen LogP contribution in [0.1, 0.15) is 29.9 Å². The smallest absolute Gasteiger partial charge is 0.130 e. The van der Waals surface area contributed by atoms with Crippen LogP contribution in [0.25, 0.3) is 21.5 Å². The summed E-state index contributed by atoms with van der Waals surface area (Å²) < 4.78 is 7.15. The molecule has 1 N–H and O–H groups in total. The van der Waals surface area contributed by atoms with E-state index >= 15 is 0 Å². The third-order valence-corrected chi connectivity index (χ3v) is 6.23. The van der Waals surface area contributed by atoms with Crippen molar-refractivity contribution in [2.24, 2.45) is 0 Å². The van der Waals surface area contributed by atoms with Crippen LogP contribution < -0.4 is 10.1 Å². The Morgan fingerprint density at radius 3 is 2.70 bits per heavy atom. The van der Waals surface area contributed by atoms with Gasteiger partial charge in [-0.1, -0.05) is 48.5 Å². The van der Waals surface area contributed by atoms with E-state index in [0.29, 0.717) is 6.61 Å². The van der Waals surface area contributed by atoms with Gasteiger partial charge in [-0.2, -0.15) is 0 Å². The molecule has 0 amide bonds. The second-order valence-electron chi connectivity index (χ2n) is 7.93. The minimum Gasteiger partial charge on any atom is -0.489 e. The third kappa shape index (κ3) is 5.02. The maximum Gasteiger partial charge on any atom is 0.130 e. The second-order valence-corrected chi connectivity index (χ2v) is 8.82. The van der Waals surface area contributed by atoms with Gasteiger partial charge in [-0.3, -0.25) is 0 Å². The normalized spacial score (nSPS) is 11.9. The highest BCUT2D eigenvalue weighted by Gasteiger charge is 2.11. The molecular formula is C27H24N4OS. The predicted octanol–water partition coefficient (Wildman–Crippen LogP) is 6.81. The van der Waals surface area contributed by atoms with Crippen molar-refractivity contribution in [2.75, 3.05) is 5.32 Å². The average Bonchev–Trinajstić information content (AvgIpc) is 3.31. The first-order valence-corrected chi connectivity index (χ1v) is 11.7. The third-order valence-electron chi connectivity index (χ3n) is 5.44. The van der Waals surface area contributed by atoms with Crippen molar-refractivity contribution >= 4 is 27.4 Å². The molecule has 0 saturated carbocycles. The lowest BCUT2D eigenvalue weighted by molar-refractivity contribution is 0.306. The van der Waals surface area contributed by atoms with Crippen LogP contribution in [0.5, 0.6) is 5.75 Å². The number of rotatable bonds is 7. The van der Waals surface area contributed by atoms with Crippen molar-refractivity contribution in [3.8, 4) is 17.0 Å². The van der Waals surface area contributed by atoms with Crippen LogP contribution in [0, 0.1) is 6.92 Å². The molecule has 1 atom stereocenters. The van der Waals surface area contributed by atoms with Crippen molar-refractivity contribution in [3.05, 3.63) is 101 Å². The number of hydrogen-bond donors (Lipinski definition) is 1. The molecule has 0 spiro atoms. The van der Waals surface area contributed by atoms with Gasteiger partial charge in [-0.25, -0.2) is 15.0 Å². The van der Waals surface area contributed by atoms with Gasteiger partial charge in [0.05, 0.1) is 27.5 Å². The Bertz CT molecular complexity index is 1380. The van der Waals surface area contributed by atoms with E-state index in [1.54, 1.807) is 11.3 Å². The van der Waals surface area contributed by atoms with Crippen LogP contribution in [0.3, 0.4) is 0 Å². The first kappa shape index (κ1) is 21.1. The molecule has 3 aromatic carbocycles. The summed E-state index contributed by atoms with van der Waals surface area (Å²) in [5, 5.41) is 3.53.